The van der Waals surface area contributed by atoms with Crippen molar-refractivity contribution in [2.45, 2.75) is 78.2 Å². The van der Waals surface area contributed by atoms with Crippen molar-refractivity contribution < 1.29 is 52.8 Å². The number of ether oxygens (including phenoxy) is 9. The van der Waals surface area contributed by atoms with Crippen molar-refractivity contribution in [2.75, 3.05) is 73.2 Å². The van der Waals surface area contributed by atoms with Crippen LogP contribution in [0.15, 0.2) is 72.8 Å². The molecule has 54 heavy (non-hydrogen) atoms. The number of alkyl halides is 2. The van der Waals surface area contributed by atoms with Gasteiger partial charge in [-0.15, -0.1) is 0 Å². The number of hydrogen-bond acceptors (Lipinski definition) is 11. The van der Waals surface area contributed by atoms with Crippen LogP contribution < -0.4 is 0 Å². The molecule has 11 nitrogen and oxygen atoms in total. The number of benzene rings is 3. The summed E-state index contributed by atoms with van der Waals surface area (Å²) in [5.41, 5.74) is 6.60. The molecule has 1 aliphatic carbocycles. The van der Waals surface area contributed by atoms with E-state index in [1.54, 1.807) is 14.2 Å². The Morgan fingerprint density at radius 3 is 0.926 bits per heavy atom. The van der Waals surface area contributed by atoms with Gasteiger partial charge in [0.15, 0.2) is 0 Å². The zero-order valence-corrected chi connectivity index (χ0v) is 33.6. The number of aliphatic hydroxyl groups is 2. The van der Waals surface area contributed by atoms with E-state index in [0.717, 1.165) is 33.4 Å². The van der Waals surface area contributed by atoms with E-state index < -0.39 is 0 Å². The van der Waals surface area contributed by atoms with Crippen LogP contribution in [0.25, 0.3) is 0 Å². The highest BCUT2D eigenvalue weighted by Crippen LogP contribution is 2.15. The first-order chi connectivity index (χ1) is 26.6. The number of aliphatic hydroxyl groups excluding tert-OH is 2. The van der Waals surface area contributed by atoms with Gasteiger partial charge in [-0.3, -0.25) is 0 Å². The summed E-state index contributed by atoms with van der Waals surface area (Å²) in [6, 6.07) is 24.5. The monoisotopic (exact) mass is 800 g/mol. The molecule has 0 heterocycles. The minimum Gasteiger partial charge on any atom is -0.394 e. The van der Waals surface area contributed by atoms with Crippen molar-refractivity contribution in [3.8, 4) is 0 Å². The summed E-state index contributed by atoms with van der Waals surface area (Å²) in [7, 11) is 3.29. The molecule has 306 valence electrons. The third-order valence-corrected chi connectivity index (χ3v) is 7.69. The fourth-order valence-electron chi connectivity index (χ4n) is 4.65. The van der Waals surface area contributed by atoms with Crippen LogP contribution in [-0.4, -0.2) is 83.4 Å². The Balaban J connectivity index is 0.000000493. The van der Waals surface area contributed by atoms with Crippen molar-refractivity contribution >= 4 is 23.2 Å². The van der Waals surface area contributed by atoms with Crippen molar-refractivity contribution in [3.63, 3.8) is 0 Å². The smallest absolute Gasteiger partial charge is 0.147 e. The number of rotatable bonds is 24. The lowest BCUT2D eigenvalue weighted by molar-refractivity contribution is -0.105. The second-order valence-electron chi connectivity index (χ2n) is 11.9. The summed E-state index contributed by atoms with van der Waals surface area (Å²) in [5.74, 6) is 0. The van der Waals surface area contributed by atoms with E-state index in [-0.39, 0.29) is 38.9 Å². The van der Waals surface area contributed by atoms with E-state index in [1.807, 2.05) is 72.8 Å². The Hall–Kier alpha value is -2.20. The van der Waals surface area contributed by atoms with Gasteiger partial charge in [0, 0.05) is 14.2 Å². The maximum atomic E-state index is 7.62. The molecule has 1 aliphatic rings. The summed E-state index contributed by atoms with van der Waals surface area (Å²) >= 11 is 10.8. The number of methoxy groups -OCH3 is 2. The van der Waals surface area contributed by atoms with Gasteiger partial charge >= 0.3 is 0 Å². The molecular formula is C41H62Cl2O11. The topological polar surface area (TPSA) is 124 Å². The molecule has 2 N–H and O–H groups in total. The molecule has 0 aromatic heterocycles. The third kappa shape index (κ3) is 29.1. The quantitative estimate of drug-likeness (QED) is 0.0520. The molecule has 0 unspecified atom stereocenters. The Labute approximate surface area is 332 Å². The Kier molecular flexibility index (Phi) is 34.8. The molecule has 1 fully saturated rings. The van der Waals surface area contributed by atoms with Crippen LogP contribution in [0.4, 0.5) is 0 Å². The van der Waals surface area contributed by atoms with E-state index >= 15 is 0 Å². The average Bonchev–Trinajstić information content (AvgIpc) is 3.23. The molecule has 3 aromatic rings. The first kappa shape index (κ1) is 49.8. The van der Waals surface area contributed by atoms with Crippen molar-refractivity contribution in [3.05, 3.63) is 106 Å². The van der Waals surface area contributed by atoms with Gasteiger partial charge in [-0.05, 0) is 33.4 Å². The molecule has 1 saturated carbocycles. The molecule has 0 saturated heterocycles. The molecule has 0 spiro atoms. The van der Waals surface area contributed by atoms with E-state index in [9.17, 15) is 0 Å². The second-order valence-corrected chi connectivity index (χ2v) is 12.3. The molecule has 0 atom stereocenters. The third-order valence-electron chi connectivity index (χ3n) is 7.38. The molecule has 0 amide bonds. The normalized spacial score (nSPS) is 12.1. The lowest BCUT2D eigenvalue weighted by Gasteiger charge is -2.09. The van der Waals surface area contributed by atoms with Gasteiger partial charge in [-0.2, -0.15) is 0 Å². The predicted octanol–water partition coefficient (Wildman–Crippen LogP) is 8.06. The SMILES string of the molecule is C1CCCCC1.COCOCc1ccc(COCOCCOCOCc2ccc(COC)cc2)cc1.ClCOCc1ccc(COCCl)cc1.OCCO. The molecule has 4 rings (SSSR count). The van der Waals surface area contributed by atoms with E-state index in [2.05, 4.69) is 0 Å². The maximum absolute atomic E-state index is 7.62. The van der Waals surface area contributed by atoms with Gasteiger partial charge in [0.25, 0.3) is 0 Å². The summed E-state index contributed by atoms with van der Waals surface area (Å²) in [6.07, 6.45) is 9.00. The van der Waals surface area contributed by atoms with Crippen molar-refractivity contribution in [1.29, 1.82) is 0 Å². The van der Waals surface area contributed by atoms with E-state index in [1.165, 1.54) is 38.5 Å². The summed E-state index contributed by atoms with van der Waals surface area (Å²) in [6.45, 7) is 4.62. The minimum absolute atomic E-state index is 0.125. The number of hydrogen-bond donors (Lipinski definition) is 2. The number of halogens is 2. The van der Waals surface area contributed by atoms with Gasteiger partial charge < -0.3 is 52.8 Å². The largest absolute Gasteiger partial charge is 0.394 e. The molecule has 0 bridgehead atoms. The first-order valence-corrected chi connectivity index (χ1v) is 19.3. The molecular weight excluding hydrogens is 739 g/mol. The van der Waals surface area contributed by atoms with Gasteiger partial charge in [-0.25, -0.2) is 0 Å². The highest BCUT2D eigenvalue weighted by Gasteiger charge is 1.99. The van der Waals surface area contributed by atoms with Gasteiger partial charge in [-0.1, -0.05) is 135 Å². The lowest BCUT2D eigenvalue weighted by Crippen LogP contribution is -2.09. The zero-order chi connectivity index (χ0) is 39.2. The molecule has 0 aliphatic heterocycles. The van der Waals surface area contributed by atoms with E-state index in [4.69, 9.17) is 76.0 Å². The zero-order valence-electron chi connectivity index (χ0n) is 32.1. The molecule has 0 radical (unpaired) electrons. The van der Waals surface area contributed by atoms with Gasteiger partial charge in [0.1, 0.15) is 32.5 Å². The average molecular weight is 802 g/mol. The fraction of sp³-hybridized carbons (Fsp3) is 0.561. The highest BCUT2D eigenvalue weighted by atomic mass is 35.5. The van der Waals surface area contributed by atoms with Gasteiger partial charge in [0.05, 0.1) is 66.1 Å². The van der Waals surface area contributed by atoms with Crippen LogP contribution in [-0.2, 0) is 82.3 Å². The summed E-state index contributed by atoms with van der Waals surface area (Å²) < 4.78 is 47.1. The van der Waals surface area contributed by atoms with E-state index in [0.29, 0.717) is 59.6 Å². The summed E-state index contributed by atoms with van der Waals surface area (Å²) in [5, 5.41) is 15.2. The van der Waals surface area contributed by atoms with Crippen LogP contribution in [0, 0.1) is 0 Å². The second kappa shape index (κ2) is 37.7. The lowest BCUT2D eigenvalue weighted by atomic mass is 10.0. The molecule has 3 aromatic carbocycles. The van der Waals surface area contributed by atoms with Crippen molar-refractivity contribution in [1.82, 2.24) is 0 Å². The van der Waals surface area contributed by atoms with Crippen LogP contribution in [0.3, 0.4) is 0 Å². The minimum atomic E-state index is -0.125. The van der Waals surface area contributed by atoms with Crippen LogP contribution in [0.2, 0.25) is 0 Å². The Bertz CT molecular complexity index is 1160. The van der Waals surface area contributed by atoms with Crippen LogP contribution in [0.1, 0.15) is 71.9 Å². The maximum Gasteiger partial charge on any atom is 0.147 e. The van der Waals surface area contributed by atoms with Gasteiger partial charge in [0.2, 0.25) is 0 Å². The van der Waals surface area contributed by atoms with Crippen LogP contribution in [0.5, 0.6) is 0 Å². The predicted molar refractivity (Wildman–Crippen MR) is 211 cm³/mol. The summed E-state index contributed by atoms with van der Waals surface area (Å²) in [4.78, 5) is 0. The standard InChI is InChI=1S/C23H32O7.C10H12Cl2O2.C6H12.C2H6O2/c1-24-13-20-3-5-22(6-4-20)15-29-18-26-11-12-27-19-30-16-23-9-7-21(8-10-23)14-28-17-25-2;11-7-13-5-9-1-2-10(4-3-9)6-14-8-12;1-2-4-6-5-3-1;3-1-2-4/h3-10H,11-19H2,1-2H3;1-4H,5-8H2;1-6H2;3-4H,1-2H2. The first-order valence-electron chi connectivity index (χ1n) is 18.2. The highest BCUT2D eigenvalue weighted by molar-refractivity contribution is 6.17. The fourth-order valence-corrected chi connectivity index (χ4v) is 4.81. The Morgan fingerprint density at radius 2 is 0.667 bits per heavy atom. The molecule has 13 heteroatoms. The van der Waals surface area contributed by atoms with Crippen molar-refractivity contribution in [2.24, 2.45) is 0 Å². The van der Waals surface area contributed by atoms with Crippen LogP contribution >= 0.6 is 23.2 Å². The Morgan fingerprint density at radius 1 is 0.389 bits per heavy atom.